The molecule has 1 aromatic heterocycles. The number of amidine groups is 1. The fraction of sp³-hybridized carbons (Fsp3) is 0.333. The minimum atomic E-state index is -0.470. The van der Waals surface area contributed by atoms with Crippen LogP contribution in [0.4, 0.5) is 4.39 Å². The first-order chi connectivity index (χ1) is 12.1. The van der Waals surface area contributed by atoms with Crippen LogP contribution in [0.5, 0.6) is 0 Å². The summed E-state index contributed by atoms with van der Waals surface area (Å²) in [7, 11) is 0. The molecule has 1 aromatic carbocycles. The third-order valence-electron chi connectivity index (χ3n) is 3.69. The van der Waals surface area contributed by atoms with E-state index in [0.29, 0.717) is 36.5 Å². The number of nitrogens with zero attached hydrogens (tertiary/aromatic N) is 6. The van der Waals surface area contributed by atoms with Gasteiger partial charge in [-0.3, -0.25) is 14.5 Å². The molecule has 0 radical (unpaired) electrons. The number of carbonyl (C=O) groups excluding carboxylic acids is 1. The predicted octanol–water partition coefficient (Wildman–Crippen LogP) is 1.12. The fourth-order valence-corrected chi connectivity index (χ4v) is 3.34. The van der Waals surface area contributed by atoms with Gasteiger partial charge in [-0.25, -0.2) is 9.07 Å². The number of hydrogen-bond donors (Lipinski definition) is 0. The van der Waals surface area contributed by atoms with E-state index in [-0.39, 0.29) is 22.7 Å². The second-order valence-electron chi connectivity index (χ2n) is 5.31. The molecule has 0 N–H and O–H groups in total. The number of nitriles is 1. The van der Waals surface area contributed by atoms with Crippen molar-refractivity contribution in [3.63, 3.8) is 0 Å². The average Bonchev–Trinajstić information content (AvgIpc) is 2.94. The number of carbonyl (C=O) groups is 1. The van der Waals surface area contributed by atoms with E-state index in [1.165, 1.54) is 39.5 Å². The Morgan fingerprint density at radius 2 is 2.12 bits per heavy atom. The lowest BCUT2D eigenvalue weighted by Gasteiger charge is -2.14. The van der Waals surface area contributed by atoms with Gasteiger partial charge in [0.2, 0.25) is 12.1 Å². The Labute approximate surface area is 145 Å². The highest BCUT2D eigenvalue weighted by Crippen LogP contribution is 2.19. The Morgan fingerprint density at radius 1 is 1.32 bits per heavy atom. The second kappa shape index (κ2) is 7.40. The summed E-state index contributed by atoms with van der Waals surface area (Å²) in [4.78, 5) is 29.2. The van der Waals surface area contributed by atoms with E-state index < -0.39 is 5.82 Å². The van der Waals surface area contributed by atoms with Gasteiger partial charge in [0.05, 0.1) is 11.1 Å². The fourth-order valence-electron chi connectivity index (χ4n) is 2.47. The first-order valence-electron chi connectivity index (χ1n) is 7.53. The monoisotopic (exact) mass is 360 g/mol. The molecule has 0 atom stereocenters. The quantitative estimate of drug-likeness (QED) is 0.585. The Balaban J connectivity index is 1.62. The van der Waals surface area contributed by atoms with Crippen molar-refractivity contribution in [3.8, 4) is 6.19 Å². The maximum Gasteiger partial charge on any atom is 0.277 e. The van der Waals surface area contributed by atoms with Crippen molar-refractivity contribution < 1.29 is 9.18 Å². The summed E-state index contributed by atoms with van der Waals surface area (Å²) in [5, 5.41) is 17.0. The normalized spacial score (nSPS) is 15.9. The van der Waals surface area contributed by atoms with Gasteiger partial charge in [-0.05, 0) is 25.0 Å². The first kappa shape index (κ1) is 17.0. The molecule has 1 aliphatic rings. The van der Waals surface area contributed by atoms with E-state index in [2.05, 4.69) is 15.3 Å². The number of rotatable bonds is 5. The van der Waals surface area contributed by atoms with E-state index in [1.807, 2.05) is 0 Å². The van der Waals surface area contributed by atoms with Crippen LogP contribution >= 0.6 is 11.8 Å². The largest absolute Gasteiger partial charge is 0.290 e. The van der Waals surface area contributed by atoms with Crippen LogP contribution in [-0.2, 0) is 11.3 Å². The molecule has 1 aliphatic heterocycles. The summed E-state index contributed by atoms with van der Waals surface area (Å²) in [5.74, 6) is -0.266. The van der Waals surface area contributed by atoms with Crippen molar-refractivity contribution in [2.24, 2.45) is 4.99 Å². The number of thioether (sulfide) groups is 1. The zero-order chi connectivity index (χ0) is 17.8. The van der Waals surface area contributed by atoms with Crippen molar-refractivity contribution >= 4 is 33.7 Å². The first-order valence-corrected chi connectivity index (χ1v) is 8.51. The molecule has 8 nitrogen and oxygen atoms in total. The van der Waals surface area contributed by atoms with Gasteiger partial charge < -0.3 is 0 Å². The predicted molar refractivity (Wildman–Crippen MR) is 90.2 cm³/mol. The smallest absolute Gasteiger partial charge is 0.277 e. The number of aliphatic imine (C=N–C) groups is 1. The minimum Gasteiger partial charge on any atom is -0.290 e. The van der Waals surface area contributed by atoms with Crippen LogP contribution in [0, 0.1) is 17.3 Å². The number of amides is 1. The van der Waals surface area contributed by atoms with Gasteiger partial charge in [-0.15, -0.1) is 10.1 Å². The third-order valence-corrected chi connectivity index (χ3v) is 4.65. The average molecular weight is 360 g/mol. The van der Waals surface area contributed by atoms with Crippen LogP contribution < -0.4 is 5.56 Å². The molecule has 1 amide bonds. The number of aromatic nitrogens is 3. The van der Waals surface area contributed by atoms with Crippen LogP contribution in [0.25, 0.3) is 10.9 Å². The summed E-state index contributed by atoms with van der Waals surface area (Å²) in [6.45, 7) is 0.756. The van der Waals surface area contributed by atoms with E-state index in [4.69, 9.17) is 5.26 Å². The van der Waals surface area contributed by atoms with Crippen molar-refractivity contribution in [2.45, 2.75) is 19.4 Å². The summed E-state index contributed by atoms with van der Waals surface area (Å²) in [5.41, 5.74) is -0.108. The lowest BCUT2D eigenvalue weighted by atomic mass is 10.2. The highest BCUT2D eigenvalue weighted by atomic mass is 32.2. The summed E-state index contributed by atoms with van der Waals surface area (Å²) in [6, 6.07) is 3.77. The Kier molecular flexibility index (Phi) is 5.04. The number of hydrogen-bond acceptors (Lipinski definition) is 7. The number of aryl methyl sites for hydroxylation is 1. The molecule has 3 rings (SSSR count). The van der Waals surface area contributed by atoms with Gasteiger partial charge in [0.15, 0.2) is 5.17 Å². The van der Waals surface area contributed by atoms with Crippen LogP contribution in [0.2, 0.25) is 0 Å². The summed E-state index contributed by atoms with van der Waals surface area (Å²) in [6.07, 6.45) is 2.90. The highest BCUT2D eigenvalue weighted by molar-refractivity contribution is 8.15. The molecule has 128 valence electrons. The molecule has 25 heavy (non-hydrogen) atoms. The SMILES string of the molecule is N#C/N=C1\SCC(=O)N1CCCCn1nnc2cc(F)ccc2c1=O. The topological polar surface area (TPSA) is 104 Å². The molecule has 1 fully saturated rings. The third kappa shape index (κ3) is 3.66. The molecule has 1 saturated heterocycles. The Hall–Kier alpha value is -2.80. The zero-order valence-corrected chi connectivity index (χ0v) is 13.9. The van der Waals surface area contributed by atoms with Crippen molar-refractivity contribution in [2.75, 3.05) is 12.3 Å². The molecular weight excluding hydrogens is 347 g/mol. The van der Waals surface area contributed by atoms with Gasteiger partial charge in [-0.2, -0.15) is 5.26 Å². The Morgan fingerprint density at radius 3 is 2.92 bits per heavy atom. The van der Waals surface area contributed by atoms with Gasteiger partial charge in [0.1, 0.15) is 11.3 Å². The molecule has 0 saturated carbocycles. The van der Waals surface area contributed by atoms with Gasteiger partial charge in [0, 0.05) is 19.2 Å². The van der Waals surface area contributed by atoms with E-state index in [0.717, 1.165) is 0 Å². The summed E-state index contributed by atoms with van der Waals surface area (Å²) >= 11 is 1.24. The molecule has 2 aromatic rings. The number of halogens is 1. The van der Waals surface area contributed by atoms with Gasteiger partial charge >= 0.3 is 0 Å². The molecule has 0 spiro atoms. The minimum absolute atomic E-state index is 0.0799. The maximum absolute atomic E-state index is 13.1. The van der Waals surface area contributed by atoms with E-state index >= 15 is 0 Å². The van der Waals surface area contributed by atoms with Crippen LogP contribution in [-0.4, -0.2) is 43.3 Å². The van der Waals surface area contributed by atoms with E-state index in [9.17, 15) is 14.0 Å². The number of fused-ring (bicyclic) bond motifs is 1. The molecule has 2 heterocycles. The lowest BCUT2D eigenvalue weighted by Crippen LogP contribution is -2.31. The molecule has 0 bridgehead atoms. The molecule has 0 unspecified atom stereocenters. The Bertz CT molecular complexity index is 951. The van der Waals surface area contributed by atoms with Crippen molar-refractivity contribution in [3.05, 3.63) is 34.4 Å². The van der Waals surface area contributed by atoms with Gasteiger partial charge in [0.25, 0.3) is 5.56 Å². The highest BCUT2D eigenvalue weighted by Gasteiger charge is 2.27. The van der Waals surface area contributed by atoms with Crippen molar-refractivity contribution in [1.82, 2.24) is 19.9 Å². The molecular formula is C15H13FN6O2S. The van der Waals surface area contributed by atoms with Crippen LogP contribution in [0.3, 0.4) is 0 Å². The second-order valence-corrected chi connectivity index (χ2v) is 6.26. The number of benzene rings is 1. The van der Waals surface area contributed by atoms with Crippen LogP contribution in [0.15, 0.2) is 28.0 Å². The summed E-state index contributed by atoms with van der Waals surface area (Å²) < 4.78 is 14.4. The zero-order valence-electron chi connectivity index (χ0n) is 13.1. The number of unbranched alkanes of at least 4 members (excludes halogenated alkanes) is 1. The maximum atomic E-state index is 13.1. The van der Waals surface area contributed by atoms with E-state index in [1.54, 1.807) is 6.19 Å². The standard InChI is InChI=1S/C15H13FN6O2S/c16-10-3-4-11-12(7-10)19-20-22(14(11)24)6-2-1-5-21-13(23)8-25-15(21)18-9-17/h3-4,7H,1-2,5-6,8H2/b18-15-. The molecule has 0 aliphatic carbocycles. The van der Waals surface area contributed by atoms with Crippen LogP contribution in [0.1, 0.15) is 12.8 Å². The van der Waals surface area contributed by atoms with Crippen molar-refractivity contribution in [1.29, 1.82) is 5.26 Å². The van der Waals surface area contributed by atoms with Gasteiger partial charge in [-0.1, -0.05) is 17.0 Å². The lowest BCUT2D eigenvalue weighted by molar-refractivity contribution is -0.124. The molecule has 10 heteroatoms.